The summed E-state index contributed by atoms with van der Waals surface area (Å²) in [4.78, 5) is 37.4. The van der Waals surface area contributed by atoms with Crippen LogP contribution in [0.3, 0.4) is 0 Å². The second-order valence-electron chi connectivity index (χ2n) is 8.72. The number of ether oxygens (including phenoxy) is 2. The summed E-state index contributed by atoms with van der Waals surface area (Å²) in [6, 6.07) is 13.8. The predicted molar refractivity (Wildman–Crippen MR) is 135 cm³/mol. The molecule has 3 heterocycles. The van der Waals surface area contributed by atoms with Gasteiger partial charge in [0.15, 0.2) is 5.16 Å². The highest BCUT2D eigenvalue weighted by atomic mass is 32.2. The van der Waals surface area contributed by atoms with Gasteiger partial charge in [-0.15, -0.1) is 0 Å². The van der Waals surface area contributed by atoms with Crippen molar-refractivity contribution in [1.82, 2.24) is 14.9 Å². The fraction of sp³-hybridized carbons (Fsp3) is 0.346. The summed E-state index contributed by atoms with van der Waals surface area (Å²) in [7, 11) is 1.67. The molecule has 1 amide bonds. The van der Waals surface area contributed by atoms with Gasteiger partial charge >= 0.3 is 0 Å². The van der Waals surface area contributed by atoms with Gasteiger partial charge in [-0.1, -0.05) is 36.0 Å². The zero-order valence-corrected chi connectivity index (χ0v) is 20.7. The van der Waals surface area contributed by atoms with Gasteiger partial charge in [-0.25, -0.2) is 4.98 Å². The summed E-state index contributed by atoms with van der Waals surface area (Å²) >= 11 is 1.27. The highest BCUT2D eigenvalue weighted by molar-refractivity contribution is 7.99. The first-order valence-corrected chi connectivity index (χ1v) is 12.6. The number of H-pyrrole nitrogens is 1. The second-order valence-corrected chi connectivity index (χ2v) is 9.69. The Hall–Kier alpha value is -3.30. The molecule has 0 atom stereocenters. The lowest BCUT2D eigenvalue weighted by Gasteiger charge is -2.30. The Morgan fingerprint density at radius 1 is 1.23 bits per heavy atom. The van der Waals surface area contributed by atoms with Crippen LogP contribution in [-0.2, 0) is 24.3 Å². The van der Waals surface area contributed by atoms with Crippen LogP contribution in [0.1, 0.15) is 22.4 Å². The molecule has 0 bridgehead atoms. The molecule has 0 radical (unpaired) electrons. The smallest absolute Gasteiger partial charge is 0.256 e. The van der Waals surface area contributed by atoms with Crippen LogP contribution in [-0.4, -0.2) is 53.3 Å². The van der Waals surface area contributed by atoms with Crippen LogP contribution in [0, 0.1) is 6.92 Å². The van der Waals surface area contributed by atoms with E-state index in [2.05, 4.69) is 14.9 Å². The van der Waals surface area contributed by atoms with E-state index in [-0.39, 0.29) is 17.2 Å². The zero-order chi connectivity index (χ0) is 24.4. The highest BCUT2D eigenvalue weighted by Crippen LogP contribution is 2.33. The SMILES string of the molecule is COc1ccccc1CN1CCc2nc(SCC(=O)N3CCOc4ccc(C)cc43)[nH]c(=O)c2C1. The van der Waals surface area contributed by atoms with Crippen molar-refractivity contribution in [3.63, 3.8) is 0 Å². The van der Waals surface area contributed by atoms with Crippen molar-refractivity contribution in [3.05, 3.63) is 75.2 Å². The summed E-state index contributed by atoms with van der Waals surface area (Å²) in [6.07, 6.45) is 0.687. The number of nitrogens with one attached hydrogen (secondary N) is 1. The molecular weight excluding hydrogens is 464 g/mol. The number of carbonyl (C=O) groups excluding carboxylic acids is 1. The van der Waals surface area contributed by atoms with Crippen LogP contribution in [0.25, 0.3) is 0 Å². The predicted octanol–water partition coefficient (Wildman–Crippen LogP) is 3.16. The Bertz CT molecular complexity index is 1310. The minimum Gasteiger partial charge on any atom is -0.496 e. The lowest BCUT2D eigenvalue weighted by atomic mass is 10.1. The Labute approximate surface area is 208 Å². The first-order chi connectivity index (χ1) is 17.0. The van der Waals surface area contributed by atoms with Gasteiger partial charge in [0.1, 0.15) is 18.1 Å². The summed E-state index contributed by atoms with van der Waals surface area (Å²) in [6.45, 7) is 5.00. The molecule has 9 heteroatoms. The number of methoxy groups -OCH3 is 1. The molecule has 0 aliphatic carbocycles. The van der Waals surface area contributed by atoms with Gasteiger partial charge < -0.3 is 19.4 Å². The molecule has 0 spiro atoms. The zero-order valence-electron chi connectivity index (χ0n) is 19.9. The van der Waals surface area contributed by atoms with E-state index in [0.717, 1.165) is 40.6 Å². The molecule has 1 N–H and O–H groups in total. The number of aryl methyl sites for hydroxylation is 1. The van der Waals surface area contributed by atoms with Gasteiger partial charge in [0.2, 0.25) is 5.91 Å². The Kier molecular flexibility index (Phi) is 6.79. The van der Waals surface area contributed by atoms with Crippen molar-refractivity contribution in [1.29, 1.82) is 0 Å². The van der Waals surface area contributed by atoms with E-state index >= 15 is 0 Å². The molecule has 2 aromatic carbocycles. The maximum atomic E-state index is 13.0. The molecule has 8 nitrogen and oxygen atoms in total. The summed E-state index contributed by atoms with van der Waals surface area (Å²) in [5.41, 5.74) is 4.33. The lowest BCUT2D eigenvalue weighted by Crippen LogP contribution is -2.39. The van der Waals surface area contributed by atoms with E-state index in [1.54, 1.807) is 12.0 Å². The van der Waals surface area contributed by atoms with Crippen LogP contribution in [0.5, 0.6) is 11.5 Å². The quantitative estimate of drug-likeness (QED) is 0.418. The summed E-state index contributed by atoms with van der Waals surface area (Å²) < 4.78 is 11.2. The molecule has 1 aromatic heterocycles. The van der Waals surface area contributed by atoms with E-state index in [4.69, 9.17) is 9.47 Å². The van der Waals surface area contributed by atoms with Crippen molar-refractivity contribution in [2.24, 2.45) is 0 Å². The van der Waals surface area contributed by atoms with Crippen LogP contribution in [0.4, 0.5) is 5.69 Å². The van der Waals surface area contributed by atoms with Crippen molar-refractivity contribution in [2.45, 2.75) is 31.6 Å². The van der Waals surface area contributed by atoms with Gasteiger partial charge in [-0.05, 0) is 30.7 Å². The highest BCUT2D eigenvalue weighted by Gasteiger charge is 2.25. The third-order valence-electron chi connectivity index (χ3n) is 6.32. The average Bonchev–Trinajstić information content (AvgIpc) is 2.87. The van der Waals surface area contributed by atoms with Crippen LogP contribution < -0.4 is 19.9 Å². The Balaban J connectivity index is 1.25. The van der Waals surface area contributed by atoms with Gasteiger partial charge in [0.05, 0.1) is 36.4 Å². The van der Waals surface area contributed by atoms with E-state index in [9.17, 15) is 9.59 Å². The number of aromatic amines is 1. The molecule has 2 aliphatic rings. The fourth-order valence-corrected chi connectivity index (χ4v) is 5.29. The number of thioether (sulfide) groups is 1. The molecule has 0 saturated heterocycles. The Morgan fingerprint density at radius 3 is 2.94 bits per heavy atom. The number of nitrogens with zero attached hydrogens (tertiary/aromatic N) is 3. The number of fused-ring (bicyclic) bond motifs is 2. The lowest BCUT2D eigenvalue weighted by molar-refractivity contribution is -0.116. The Morgan fingerprint density at radius 2 is 2.09 bits per heavy atom. The number of carbonyl (C=O) groups is 1. The molecule has 5 rings (SSSR count). The maximum Gasteiger partial charge on any atom is 0.256 e. The summed E-state index contributed by atoms with van der Waals surface area (Å²) in [5, 5.41) is 0.484. The molecular formula is C26H28N4O4S. The minimum absolute atomic E-state index is 0.0338. The van der Waals surface area contributed by atoms with E-state index in [0.29, 0.717) is 43.4 Å². The standard InChI is InChI=1S/C26H28N4O4S/c1-17-7-8-23-21(13-17)30(11-12-34-23)24(31)16-35-26-27-20-9-10-29(15-19(20)25(32)28-26)14-18-5-3-4-6-22(18)33-2/h3-8,13H,9-12,14-16H2,1-2H3,(H,27,28,32). The molecule has 0 unspecified atom stereocenters. The van der Waals surface area contributed by atoms with Crippen molar-refractivity contribution in [2.75, 3.05) is 37.5 Å². The molecule has 35 heavy (non-hydrogen) atoms. The number of para-hydroxylation sites is 1. The number of anilines is 1. The monoisotopic (exact) mass is 492 g/mol. The fourth-order valence-electron chi connectivity index (χ4n) is 4.53. The van der Waals surface area contributed by atoms with E-state index < -0.39 is 0 Å². The number of hydrogen-bond acceptors (Lipinski definition) is 7. The van der Waals surface area contributed by atoms with Gasteiger partial charge in [0.25, 0.3) is 5.56 Å². The number of aromatic nitrogens is 2. The topological polar surface area (TPSA) is 87.8 Å². The normalized spacial score (nSPS) is 15.2. The minimum atomic E-state index is -0.137. The van der Waals surface area contributed by atoms with Crippen molar-refractivity contribution in [3.8, 4) is 11.5 Å². The molecule has 0 saturated carbocycles. The molecule has 3 aromatic rings. The molecule has 182 valence electrons. The maximum absolute atomic E-state index is 13.0. The first kappa shape index (κ1) is 23.4. The number of benzene rings is 2. The van der Waals surface area contributed by atoms with Crippen molar-refractivity contribution >= 4 is 23.4 Å². The van der Waals surface area contributed by atoms with Gasteiger partial charge in [-0.3, -0.25) is 14.5 Å². The van der Waals surface area contributed by atoms with Gasteiger partial charge in [0, 0.05) is 31.6 Å². The van der Waals surface area contributed by atoms with E-state index in [1.165, 1.54) is 11.8 Å². The van der Waals surface area contributed by atoms with Crippen molar-refractivity contribution < 1.29 is 14.3 Å². The third kappa shape index (κ3) is 5.06. The number of hydrogen-bond donors (Lipinski definition) is 1. The van der Waals surface area contributed by atoms with E-state index in [1.807, 2.05) is 49.4 Å². The van der Waals surface area contributed by atoms with Crippen LogP contribution >= 0.6 is 11.8 Å². The largest absolute Gasteiger partial charge is 0.496 e. The molecule has 2 aliphatic heterocycles. The van der Waals surface area contributed by atoms with Gasteiger partial charge in [-0.2, -0.15) is 0 Å². The number of amides is 1. The van der Waals surface area contributed by atoms with Crippen LogP contribution in [0.2, 0.25) is 0 Å². The summed E-state index contributed by atoms with van der Waals surface area (Å²) in [5.74, 6) is 1.72. The molecule has 0 fully saturated rings. The average molecular weight is 493 g/mol. The van der Waals surface area contributed by atoms with Crippen LogP contribution in [0.15, 0.2) is 52.4 Å². The number of rotatable bonds is 6. The third-order valence-corrected chi connectivity index (χ3v) is 7.18. The first-order valence-electron chi connectivity index (χ1n) is 11.6. The second kappa shape index (κ2) is 10.1.